The summed E-state index contributed by atoms with van der Waals surface area (Å²) in [6.07, 6.45) is 2.17. The van der Waals surface area contributed by atoms with Crippen molar-refractivity contribution in [2.75, 3.05) is 19.8 Å². The second-order valence-electron chi connectivity index (χ2n) is 7.71. The minimum atomic E-state index is 0.0501. The van der Waals surface area contributed by atoms with Crippen LogP contribution in [-0.2, 0) is 11.2 Å². The molecule has 6 nitrogen and oxygen atoms in total. The lowest BCUT2D eigenvalue weighted by Gasteiger charge is -2.26. The van der Waals surface area contributed by atoms with E-state index in [1.807, 2.05) is 60.4 Å². The number of hydrogen-bond donors (Lipinski definition) is 0. The third-order valence-corrected chi connectivity index (χ3v) is 5.76. The number of fused-ring (bicyclic) bond motifs is 1. The molecule has 0 radical (unpaired) electrons. The molecule has 5 rings (SSSR count). The van der Waals surface area contributed by atoms with Crippen LogP contribution in [0.1, 0.15) is 35.9 Å². The molecule has 6 heteroatoms. The highest BCUT2D eigenvalue weighted by Gasteiger charge is 2.31. The Bertz CT molecular complexity index is 1060. The number of oxazole rings is 1. The number of likely N-dealkylation sites (tertiary alicyclic amines) is 1. The van der Waals surface area contributed by atoms with E-state index in [2.05, 4.69) is 4.98 Å². The molecule has 0 unspecified atom stereocenters. The number of rotatable bonds is 4. The average molecular weight is 404 g/mol. The van der Waals surface area contributed by atoms with Gasteiger partial charge in [-0.25, -0.2) is 4.98 Å². The molecule has 3 heterocycles. The Morgan fingerprint density at radius 2 is 1.90 bits per heavy atom. The first-order valence-corrected chi connectivity index (χ1v) is 10.4. The van der Waals surface area contributed by atoms with E-state index in [0.717, 1.165) is 42.0 Å². The largest absolute Gasteiger partial charge is 0.486 e. The lowest BCUT2D eigenvalue weighted by molar-refractivity contribution is -0.131. The van der Waals surface area contributed by atoms with Crippen LogP contribution in [0.4, 0.5) is 0 Å². The number of benzene rings is 2. The predicted octanol–water partition coefficient (Wildman–Crippen LogP) is 4.33. The quantitative estimate of drug-likeness (QED) is 0.648. The van der Waals surface area contributed by atoms with Crippen molar-refractivity contribution < 1.29 is 18.7 Å². The number of carbonyl (C=O) groups is 1. The molecule has 0 aliphatic carbocycles. The molecule has 0 saturated carbocycles. The smallest absolute Gasteiger partial charge is 0.229 e. The monoisotopic (exact) mass is 404 g/mol. The Labute approximate surface area is 175 Å². The van der Waals surface area contributed by atoms with Crippen LogP contribution < -0.4 is 9.47 Å². The molecule has 2 aliphatic rings. The van der Waals surface area contributed by atoms with Crippen molar-refractivity contribution in [1.82, 2.24) is 9.88 Å². The SMILES string of the molecule is Cc1oc(-c2ccccc2)nc1CC(=O)N1CCC[C@H]1c1ccc2c(c1)OCCO2. The van der Waals surface area contributed by atoms with Crippen LogP contribution in [0.25, 0.3) is 11.5 Å². The molecule has 154 valence electrons. The lowest BCUT2D eigenvalue weighted by Crippen LogP contribution is -2.32. The van der Waals surface area contributed by atoms with E-state index >= 15 is 0 Å². The standard InChI is InChI=1S/C24H24N2O4/c1-16-19(25-24(30-16)17-6-3-2-4-7-17)15-23(27)26-11-5-8-20(26)18-9-10-21-22(14-18)29-13-12-28-21/h2-4,6-7,9-10,14,20H,5,8,11-13,15H2,1H3/t20-/m0/s1. The molecule has 0 N–H and O–H groups in total. The van der Waals surface area contributed by atoms with E-state index in [0.29, 0.717) is 30.6 Å². The molecule has 1 atom stereocenters. The summed E-state index contributed by atoms with van der Waals surface area (Å²) in [6, 6.07) is 15.8. The first-order valence-electron chi connectivity index (χ1n) is 10.4. The van der Waals surface area contributed by atoms with Gasteiger partial charge >= 0.3 is 0 Å². The zero-order valence-electron chi connectivity index (χ0n) is 17.0. The van der Waals surface area contributed by atoms with Gasteiger partial charge < -0.3 is 18.8 Å². The van der Waals surface area contributed by atoms with Gasteiger partial charge in [-0.2, -0.15) is 0 Å². The van der Waals surface area contributed by atoms with Crippen LogP contribution in [0.15, 0.2) is 52.9 Å². The minimum absolute atomic E-state index is 0.0501. The number of aryl methyl sites for hydroxylation is 1. The molecule has 30 heavy (non-hydrogen) atoms. The Hall–Kier alpha value is -3.28. The van der Waals surface area contributed by atoms with Crippen LogP contribution in [0.3, 0.4) is 0 Å². The number of hydrogen-bond acceptors (Lipinski definition) is 5. The van der Waals surface area contributed by atoms with E-state index in [4.69, 9.17) is 13.9 Å². The summed E-state index contributed by atoms with van der Waals surface area (Å²) in [5.74, 6) is 2.85. The van der Waals surface area contributed by atoms with Gasteiger partial charge in [0.05, 0.1) is 18.2 Å². The van der Waals surface area contributed by atoms with E-state index < -0.39 is 0 Å². The fourth-order valence-corrected chi connectivity index (χ4v) is 4.22. The van der Waals surface area contributed by atoms with Gasteiger partial charge in [0, 0.05) is 12.1 Å². The maximum absolute atomic E-state index is 13.2. The Morgan fingerprint density at radius 3 is 2.73 bits per heavy atom. The number of amides is 1. The number of ether oxygens (including phenoxy) is 2. The lowest BCUT2D eigenvalue weighted by atomic mass is 10.0. The van der Waals surface area contributed by atoms with Crippen molar-refractivity contribution in [3.8, 4) is 23.0 Å². The van der Waals surface area contributed by atoms with Gasteiger partial charge in [0.25, 0.3) is 0 Å². The number of aromatic nitrogens is 1. The third kappa shape index (κ3) is 3.54. The van der Waals surface area contributed by atoms with Crippen molar-refractivity contribution >= 4 is 5.91 Å². The molecule has 2 aromatic carbocycles. The van der Waals surface area contributed by atoms with E-state index in [1.54, 1.807) is 0 Å². The van der Waals surface area contributed by atoms with Crippen molar-refractivity contribution in [3.05, 3.63) is 65.5 Å². The van der Waals surface area contributed by atoms with Crippen molar-refractivity contribution in [1.29, 1.82) is 0 Å². The zero-order valence-corrected chi connectivity index (χ0v) is 17.0. The van der Waals surface area contributed by atoms with E-state index in [-0.39, 0.29) is 18.4 Å². The van der Waals surface area contributed by atoms with Crippen LogP contribution in [-0.4, -0.2) is 35.5 Å². The highest BCUT2D eigenvalue weighted by Crippen LogP contribution is 2.38. The molecule has 1 aromatic heterocycles. The fourth-order valence-electron chi connectivity index (χ4n) is 4.22. The van der Waals surface area contributed by atoms with Crippen molar-refractivity contribution in [3.63, 3.8) is 0 Å². The summed E-state index contributed by atoms with van der Waals surface area (Å²) < 4.78 is 17.2. The molecular formula is C24H24N2O4. The minimum Gasteiger partial charge on any atom is -0.486 e. The zero-order chi connectivity index (χ0) is 20.5. The van der Waals surface area contributed by atoms with Crippen LogP contribution in [0.2, 0.25) is 0 Å². The first kappa shape index (κ1) is 18.7. The topological polar surface area (TPSA) is 64.8 Å². The maximum Gasteiger partial charge on any atom is 0.229 e. The summed E-state index contributed by atoms with van der Waals surface area (Å²) in [5, 5.41) is 0. The second kappa shape index (κ2) is 7.86. The highest BCUT2D eigenvalue weighted by molar-refractivity contribution is 5.79. The summed E-state index contributed by atoms with van der Waals surface area (Å²) >= 11 is 0. The highest BCUT2D eigenvalue weighted by atomic mass is 16.6. The van der Waals surface area contributed by atoms with Crippen LogP contribution in [0, 0.1) is 6.92 Å². The normalized spacial score (nSPS) is 17.9. The maximum atomic E-state index is 13.2. The second-order valence-corrected chi connectivity index (χ2v) is 7.71. The van der Waals surface area contributed by atoms with Crippen molar-refractivity contribution in [2.24, 2.45) is 0 Å². The molecule has 0 spiro atoms. The Kier molecular flexibility index (Phi) is 4.91. The summed E-state index contributed by atoms with van der Waals surface area (Å²) in [5.41, 5.74) is 2.70. The molecule has 1 saturated heterocycles. The Morgan fingerprint density at radius 1 is 1.10 bits per heavy atom. The van der Waals surface area contributed by atoms with Gasteiger partial charge in [-0.05, 0) is 49.6 Å². The first-order chi connectivity index (χ1) is 14.7. The van der Waals surface area contributed by atoms with Crippen molar-refractivity contribution in [2.45, 2.75) is 32.2 Å². The molecule has 0 bridgehead atoms. The van der Waals surface area contributed by atoms with Gasteiger partial charge in [0.1, 0.15) is 19.0 Å². The number of carbonyl (C=O) groups excluding carboxylic acids is 1. The molecule has 1 fully saturated rings. The Balaban J connectivity index is 1.34. The fraction of sp³-hybridized carbons (Fsp3) is 0.333. The van der Waals surface area contributed by atoms with Gasteiger partial charge in [0.2, 0.25) is 11.8 Å². The molecular weight excluding hydrogens is 380 g/mol. The third-order valence-electron chi connectivity index (χ3n) is 5.76. The summed E-state index contributed by atoms with van der Waals surface area (Å²) in [6.45, 7) is 3.74. The van der Waals surface area contributed by atoms with Gasteiger partial charge in [0.15, 0.2) is 11.5 Å². The number of nitrogens with zero attached hydrogens (tertiary/aromatic N) is 2. The summed E-state index contributed by atoms with van der Waals surface area (Å²) in [7, 11) is 0. The molecule has 3 aromatic rings. The summed E-state index contributed by atoms with van der Waals surface area (Å²) in [4.78, 5) is 19.7. The van der Waals surface area contributed by atoms with E-state index in [1.165, 1.54) is 0 Å². The van der Waals surface area contributed by atoms with Crippen LogP contribution >= 0.6 is 0 Å². The van der Waals surface area contributed by atoms with Gasteiger partial charge in [-0.1, -0.05) is 24.3 Å². The van der Waals surface area contributed by atoms with Crippen LogP contribution in [0.5, 0.6) is 11.5 Å². The molecule has 1 amide bonds. The van der Waals surface area contributed by atoms with Gasteiger partial charge in [-0.15, -0.1) is 0 Å². The van der Waals surface area contributed by atoms with Gasteiger partial charge in [-0.3, -0.25) is 4.79 Å². The van der Waals surface area contributed by atoms with E-state index in [9.17, 15) is 4.79 Å². The molecule has 2 aliphatic heterocycles. The predicted molar refractivity (Wildman–Crippen MR) is 112 cm³/mol. The average Bonchev–Trinajstić information content (AvgIpc) is 3.41.